The highest BCUT2D eigenvalue weighted by Crippen LogP contribution is 2.29. The van der Waals surface area contributed by atoms with Crippen molar-refractivity contribution in [2.45, 2.75) is 27.2 Å². The van der Waals surface area contributed by atoms with Crippen LogP contribution in [0.15, 0.2) is 35.0 Å². The molecule has 2 heterocycles. The summed E-state index contributed by atoms with van der Waals surface area (Å²) in [6.07, 6.45) is 2.28. The molecule has 0 saturated carbocycles. The minimum Gasteiger partial charge on any atom is -0.467 e. The molecule has 0 spiro atoms. The monoisotopic (exact) mass is 325 g/mol. The highest BCUT2D eigenvalue weighted by molar-refractivity contribution is 5.92. The maximum atomic E-state index is 12.1. The molecule has 0 radical (unpaired) electrons. The topological polar surface area (TPSA) is 77.2 Å². The molecule has 2 aromatic heterocycles. The van der Waals surface area contributed by atoms with Crippen molar-refractivity contribution in [3.05, 3.63) is 47.5 Å². The summed E-state index contributed by atoms with van der Waals surface area (Å²) in [5.74, 6) is 0.871. The van der Waals surface area contributed by atoms with E-state index in [2.05, 4.69) is 22.2 Å². The largest absolute Gasteiger partial charge is 0.467 e. The summed E-state index contributed by atoms with van der Waals surface area (Å²) in [6, 6.07) is 7.74. The van der Waals surface area contributed by atoms with Gasteiger partial charge in [-0.1, -0.05) is 19.1 Å². The van der Waals surface area contributed by atoms with Crippen molar-refractivity contribution in [1.29, 1.82) is 0 Å². The number of nitrogens with one attached hydrogen (secondary N) is 1. The number of fused-ring (bicyclic) bond motifs is 1. The van der Waals surface area contributed by atoms with Crippen molar-refractivity contribution in [3.8, 4) is 5.88 Å². The van der Waals surface area contributed by atoms with Gasteiger partial charge in [-0.3, -0.25) is 4.79 Å². The van der Waals surface area contributed by atoms with Crippen LogP contribution in [0.1, 0.15) is 23.8 Å². The molecule has 0 saturated heterocycles. The molecule has 124 valence electrons. The molecule has 0 atom stereocenters. The lowest BCUT2D eigenvalue weighted by atomic mass is 10.1. The van der Waals surface area contributed by atoms with Crippen LogP contribution in [-0.2, 0) is 11.2 Å². The van der Waals surface area contributed by atoms with Gasteiger partial charge in [-0.2, -0.15) is 0 Å². The van der Waals surface area contributed by atoms with E-state index in [0.29, 0.717) is 17.0 Å². The predicted octanol–water partition coefficient (Wildman–Crippen LogP) is 3.42. The molecule has 0 unspecified atom stereocenters. The third kappa shape index (κ3) is 3.22. The summed E-state index contributed by atoms with van der Waals surface area (Å²) in [5, 5.41) is 3.53. The van der Waals surface area contributed by atoms with Crippen LogP contribution in [-0.4, -0.2) is 22.5 Å². The number of hydrogen-bond donors (Lipinski definition) is 1. The first-order chi connectivity index (χ1) is 11.6. The van der Waals surface area contributed by atoms with Gasteiger partial charge in [0, 0.05) is 11.3 Å². The van der Waals surface area contributed by atoms with E-state index in [1.54, 1.807) is 0 Å². The molecule has 0 aliphatic heterocycles. The zero-order valence-electron chi connectivity index (χ0n) is 13.9. The van der Waals surface area contributed by atoms with Crippen molar-refractivity contribution in [2.75, 3.05) is 11.9 Å². The van der Waals surface area contributed by atoms with Crippen LogP contribution in [0.2, 0.25) is 0 Å². The van der Waals surface area contributed by atoms with Crippen LogP contribution < -0.4 is 10.1 Å². The van der Waals surface area contributed by atoms with Crippen molar-refractivity contribution >= 4 is 22.7 Å². The molecule has 3 aromatic rings. The molecular formula is C18H19N3O3. The van der Waals surface area contributed by atoms with Crippen LogP contribution in [0.5, 0.6) is 5.88 Å². The number of anilines is 1. The van der Waals surface area contributed by atoms with Crippen LogP contribution >= 0.6 is 0 Å². The predicted molar refractivity (Wildman–Crippen MR) is 91.2 cm³/mol. The Labute approximate surface area is 139 Å². The van der Waals surface area contributed by atoms with Crippen molar-refractivity contribution < 1.29 is 13.9 Å². The Hall–Kier alpha value is -2.89. The van der Waals surface area contributed by atoms with E-state index >= 15 is 0 Å². The van der Waals surface area contributed by atoms with Crippen LogP contribution in [0.4, 0.5) is 5.69 Å². The first-order valence-corrected chi connectivity index (χ1v) is 7.80. The smallest absolute Gasteiger partial charge is 0.262 e. The summed E-state index contributed by atoms with van der Waals surface area (Å²) in [6.45, 7) is 5.70. The molecule has 0 bridgehead atoms. The number of benzene rings is 1. The number of ether oxygens (including phenoxy) is 1. The summed E-state index contributed by atoms with van der Waals surface area (Å²) in [5.41, 5.74) is 3.30. The lowest BCUT2D eigenvalue weighted by Gasteiger charge is -2.08. The molecule has 6 heteroatoms. The van der Waals surface area contributed by atoms with Gasteiger partial charge >= 0.3 is 0 Å². The first-order valence-electron chi connectivity index (χ1n) is 7.80. The van der Waals surface area contributed by atoms with E-state index in [-0.39, 0.29) is 12.5 Å². The second-order valence-electron chi connectivity index (χ2n) is 5.53. The van der Waals surface area contributed by atoms with Crippen LogP contribution in [0.25, 0.3) is 11.1 Å². The van der Waals surface area contributed by atoms with Gasteiger partial charge in [0.1, 0.15) is 17.5 Å². The first kappa shape index (κ1) is 16.0. The van der Waals surface area contributed by atoms with Gasteiger partial charge < -0.3 is 14.5 Å². The third-order valence-corrected chi connectivity index (χ3v) is 3.89. The average Bonchev–Trinajstić information content (AvgIpc) is 2.88. The molecule has 1 N–H and O–H groups in total. The van der Waals surface area contributed by atoms with Gasteiger partial charge in [0.2, 0.25) is 11.6 Å². The minimum absolute atomic E-state index is 0.133. The maximum Gasteiger partial charge on any atom is 0.262 e. The van der Waals surface area contributed by atoms with E-state index in [1.807, 2.05) is 38.1 Å². The van der Waals surface area contributed by atoms with Crippen molar-refractivity contribution in [3.63, 3.8) is 0 Å². The van der Waals surface area contributed by atoms with Gasteiger partial charge in [0.15, 0.2) is 6.61 Å². The number of amides is 1. The lowest BCUT2D eigenvalue weighted by Crippen LogP contribution is -2.20. The quantitative estimate of drug-likeness (QED) is 0.778. The summed E-state index contributed by atoms with van der Waals surface area (Å²) in [4.78, 5) is 20.3. The fraction of sp³-hybridized carbons (Fsp3) is 0.278. The Morgan fingerprint density at radius 3 is 2.92 bits per heavy atom. The van der Waals surface area contributed by atoms with Crippen molar-refractivity contribution in [2.24, 2.45) is 0 Å². The number of aromatic nitrogens is 2. The van der Waals surface area contributed by atoms with Crippen LogP contribution in [0.3, 0.4) is 0 Å². The minimum atomic E-state index is -0.243. The number of rotatable bonds is 5. The van der Waals surface area contributed by atoms with Crippen molar-refractivity contribution in [1.82, 2.24) is 9.97 Å². The highest BCUT2D eigenvalue weighted by Gasteiger charge is 2.15. The Balaban J connectivity index is 1.70. The van der Waals surface area contributed by atoms with Gasteiger partial charge in [-0.05, 0) is 38.0 Å². The van der Waals surface area contributed by atoms with Gasteiger partial charge in [-0.15, -0.1) is 0 Å². The Kier molecular flexibility index (Phi) is 4.46. The zero-order valence-corrected chi connectivity index (χ0v) is 13.9. The number of aryl methyl sites for hydroxylation is 3. The molecule has 3 rings (SSSR count). The summed E-state index contributed by atoms with van der Waals surface area (Å²) >= 11 is 0. The van der Waals surface area contributed by atoms with E-state index < -0.39 is 0 Å². The number of nitrogens with zero attached hydrogens (tertiary/aromatic N) is 2. The fourth-order valence-electron chi connectivity index (χ4n) is 2.46. The molecular weight excluding hydrogens is 306 g/mol. The molecule has 0 aliphatic carbocycles. The summed E-state index contributed by atoms with van der Waals surface area (Å²) < 4.78 is 11.1. The number of carbonyl (C=O) groups excluding carboxylic acids is 1. The van der Waals surface area contributed by atoms with Gasteiger partial charge in [0.05, 0.1) is 0 Å². The highest BCUT2D eigenvalue weighted by atomic mass is 16.5. The number of furan rings is 1. The normalized spacial score (nSPS) is 10.8. The van der Waals surface area contributed by atoms with E-state index in [1.165, 1.54) is 6.33 Å². The van der Waals surface area contributed by atoms with Gasteiger partial charge in [0.25, 0.3) is 5.91 Å². The third-order valence-electron chi connectivity index (χ3n) is 3.89. The molecule has 24 heavy (non-hydrogen) atoms. The molecule has 6 nitrogen and oxygen atoms in total. The Bertz CT molecular complexity index is 886. The molecule has 1 aromatic carbocycles. The second kappa shape index (κ2) is 6.70. The fourth-order valence-corrected chi connectivity index (χ4v) is 2.46. The lowest BCUT2D eigenvalue weighted by molar-refractivity contribution is -0.118. The SMILES string of the molecule is CCc1cccc(NC(=O)COc2ncnc3oc(C)c(C)c23)c1. The van der Waals surface area contributed by atoms with Gasteiger partial charge in [-0.25, -0.2) is 9.97 Å². The Morgan fingerprint density at radius 1 is 1.29 bits per heavy atom. The molecule has 0 aliphatic rings. The maximum absolute atomic E-state index is 12.1. The Morgan fingerprint density at radius 2 is 2.12 bits per heavy atom. The summed E-state index contributed by atoms with van der Waals surface area (Å²) in [7, 11) is 0. The zero-order chi connectivity index (χ0) is 17.1. The average molecular weight is 325 g/mol. The molecule has 1 amide bonds. The second-order valence-corrected chi connectivity index (χ2v) is 5.53. The number of hydrogen-bond acceptors (Lipinski definition) is 5. The molecule has 0 fully saturated rings. The number of carbonyl (C=O) groups is 1. The van der Waals surface area contributed by atoms with E-state index in [4.69, 9.17) is 9.15 Å². The van der Waals surface area contributed by atoms with Crippen LogP contribution in [0, 0.1) is 13.8 Å². The van der Waals surface area contributed by atoms with E-state index in [0.717, 1.165) is 29.0 Å². The van der Waals surface area contributed by atoms with E-state index in [9.17, 15) is 4.79 Å². The standard InChI is InChI=1S/C18H19N3O3/c1-4-13-6-5-7-14(8-13)21-15(22)9-23-17-16-11(2)12(3)24-18(16)20-10-19-17/h5-8,10H,4,9H2,1-3H3,(H,21,22).